The SMILES string of the molecule is CC1(C)C2(CCC2)[C@@]12C[C@H]1C(=O)NC(CC3CCC3)C(=O)C(=O)Nc3ccccc3NCCOCCCC[C@H](NC(=O)OC3CCCC3)C(=O)N1C2. The van der Waals surface area contributed by atoms with Gasteiger partial charge >= 0.3 is 6.09 Å². The second-order valence-corrected chi connectivity index (χ2v) is 16.8. The van der Waals surface area contributed by atoms with Crippen molar-refractivity contribution in [2.75, 3.05) is 36.9 Å². The summed E-state index contributed by atoms with van der Waals surface area (Å²) in [5.74, 6) is -1.97. The number of carbonyl (C=O) groups is 5. The van der Waals surface area contributed by atoms with Crippen molar-refractivity contribution in [1.82, 2.24) is 15.5 Å². The molecule has 284 valence electrons. The molecule has 0 radical (unpaired) electrons. The van der Waals surface area contributed by atoms with Gasteiger partial charge in [-0.15, -0.1) is 0 Å². The molecule has 6 aliphatic rings. The average Bonchev–Trinajstić information content (AvgIpc) is 3.54. The van der Waals surface area contributed by atoms with Crippen LogP contribution in [0.4, 0.5) is 16.2 Å². The number of nitrogens with zero attached hydrogens (tertiary/aromatic N) is 1. The summed E-state index contributed by atoms with van der Waals surface area (Å²) in [6.07, 6.45) is 11.6. The summed E-state index contributed by atoms with van der Waals surface area (Å²) in [5.41, 5.74) is 0.897. The summed E-state index contributed by atoms with van der Waals surface area (Å²) in [6, 6.07) is 4.48. The zero-order chi connectivity index (χ0) is 36.5. The quantitative estimate of drug-likeness (QED) is 0.305. The van der Waals surface area contributed by atoms with Crippen LogP contribution in [0.2, 0.25) is 0 Å². The summed E-state index contributed by atoms with van der Waals surface area (Å²) in [7, 11) is 0. The molecule has 52 heavy (non-hydrogen) atoms. The number of Topliss-reactive ketones (excluding diaryl/α,β-unsaturated/α-hetero) is 1. The molecule has 0 aromatic heterocycles. The van der Waals surface area contributed by atoms with E-state index in [1.807, 2.05) is 12.1 Å². The maximum Gasteiger partial charge on any atom is 0.408 e. The molecule has 4 amide bonds. The Morgan fingerprint density at radius 1 is 0.904 bits per heavy atom. The second kappa shape index (κ2) is 15.0. The van der Waals surface area contributed by atoms with Crippen LogP contribution < -0.4 is 21.3 Å². The van der Waals surface area contributed by atoms with Crippen LogP contribution in [-0.2, 0) is 28.7 Å². The van der Waals surface area contributed by atoms with Crippen LogP contribution in [-0.4, -0.2) is 85.0 Å². The van der Waals surface area contributed by atoms with Gasteiger partial charge in [-0.25, -0.2) is 4.79 Å². The van der Waals surface area contributed by atoms with Gasteiger partial charge in [0, 0.05) is 25.1 Å². The van der Waals surface area contributed by atoms with Gasteiger partial charge in [0.1, 0.15) is 18.2 Å². The maximum atomic E-state index is 14.7. The third-order valence-electron chi connectivity index (χ3n) is 14.0. The lowest BCUT2D eigenvalue weighted by Crippen LogP contribution is -2.56. The molecule has 7 rings (SSSR count). The van der Waals surface area contributed by atoms with Crippen molar-refractivity contribution in [2.45, 2.75) is 134 Å². The first kappa shape index (κ1) is 36.7. The number of anilines is 2. The fraction of sp³-hybridized carbons (Fsp3) is 0.725. The van der Waals surface area contributed by atoms with E-state index in [0.717, 1.165) is 64.2 Å². The Morgan fingerprint density at radius 2 is 1.63 bits per heavy atom. The van der Waals surface area contributed by atoms with Gasteiger partial charge in [0.15, 0.2) is 0 Å². The van der Waals surface area contributed by atoms with Crippen molar-refractivity contribution in [1.29, 1.82) is 0 Å². The molecule has 5 fully saturated rings. The molecule has 2 spiro atoms. The van der Waals surface area contributed by atoms with E-state index < -0.39 is 41.8 Å². The van der Waals surface area contributed by atoms with Gasteiger partial charge in [0.25, 0.3) is 5.91 Å². The largest absolute Gasteiger partial charge is 0.446 e. The number of ether oxygens (including phenoxy) is 2. The number of rotatable bonds is 4. The van der Waals surface area contributed by atoms with E-state index in [2.05, 4.69) is 35.1 Å². The summed E-state index contributed by atoms with van der Waals surface area (Å²) >= 11 is 0. The van der Waals surface area contributed by atoms with E-state index in [-0.39, 0.29) is 34.2 Å². The lowest BCUT2D eigenvalue weighted by atomic mass is 9.73. The van der Waals surface area contributed by atoms with E-state index in [0.29, 0.717) is 69.8 Å². The highest BCUT2D eigenvalue weighted by Gasteiger charge is 2.85. The van der Waals surface area contributed by atoms with Gasteiger partial charge in [-0.1, -0.05) is 51.7 Å². The Balaban J connectivity index is 1.17. The monoisotopic (exact) mass is 719 g/mol. The molecule has 4 saturated carbocycles. The molecule has 1 saturated heterocycles. The van der Waals surface area contributed by atoms with Gasteiger partial charge in [0.2, 0.25) is 17.6 Å². The average molecular weight is 720 g/mol. The van der Waals surface area contributed by atoms with Gasteiger partial charge in [-0.05, 0) is 99.5 Å². The highest BCUT2D eigenvalue weighted by molar-refractivity contribution is 6.42. The van der Waals surface area contributed by atoms with Crippen LogP contribution >= 0.6 is 0 Å². The van der Waals surface area contributed by atoms with Gasteiger partial charge in [-0.2, -0.15) is 0 Å². The van der Waals surface area contributed by atoms with Crippen molar-refractivity contribution >= 4 is 41.0 Å². The lowest BCUT2D eigenvalue weighted by Gasteiger charge is -2.32. The minimum atomic E-state index is -1.02. The Kier molecular flexibility index (Phi) is 10.6. The van der Waals surface area contributed by atoms with Crippen LogP contribution in [0.25, 0.3) is 0 Å². The number of benzene rings is 1. The molecule has 4 aliphatic carbocycles. The molecule has 12 heteroatoms. The number of hydrogen-bond donors (Lipinski definition) is 4. The fourth-order valence-electron chi connectivity index (χ4n) is 10.4. The molecule has 2 heterocycles. The normalized spacial score (nSPS) is 31.3. The maximum absolute atomic E-state index is 14.7. The molecular weight excluding hydrogens is 662 g/mol. The minimum absolute atomic E-state index is 0.0595. The minimum Gasteiger partial charge on any atom is -0.446 e. The smallest absolute Gasteiger partial charge is 0.408 e. The molecule has 4 atom stereocenters. The molecule has 1 aromatic carbocycles. The highest BCUT2D eigenvalue weighted by atomic mass is 16.6. The number of alkyl carbamates (subject to hydrolysis) is 1. The van der Waals surface area contributed by atoms with E-state index in [9.17, 15) is 24.0 Å². The third kappa shape index (κ3) is 6.80. The molecule has 2 aliphatic heterocycles. The molecule has 4 N–H and O–H groups in total. The summed E-state index contributed by atoms with van der Waals surface area (Å²) < 4.78 is 11.6. The van der Waals surface area contributed by atoms with E-state index in [1.165, 1.54) is 0 Å². The van der Waals surface area contributed by atoms with Crippen molar-refractivity contribution < 1.29 is 33.4 Å². The Hall–Kier alpha value is -3.67. The standard InChI is InChI=1S/C40H57N5O7/c1-38(2)39(18-10-19-39)40(38)24-32-34(47)43-31(23-26-11-9-12-26)33(46)35(48)42-29-16-6-5-15-28(29)41-20-22-51-21-8-7-17-30(36(49)45(32)25-40)44-37(50)52-27-13-3-4-14-27/h5-6,15-16,26-27,30-32,41H,3-4,7-14,17-25H2,1-2H3,(H,42,48)(H,43,47)(H,44,50)/t30-,31?,32-,40+/m0/s1. The highest BCUT2D eigenvalue weighted by Crippen LogP contribution is 2.88. The summed E-state index contributed by atoms with van der Waals surface area (Å²) in [6.45, 7) is 6.31. The van der Waals surface area contributed by atoms with E-state index in [4.69, 9.17) is 9.47 Å². The topological polar surface area (TPSA) is 155 Å². The zero-order valence-electron chi connectivity index (χ0n) is 30.9. The second-order valence-electron chi connectivity index (χ2n) is 16.8. The molecule has 0 bridgehead atoms. The van der Waals surface area contributed by atoms with Gasteiger partial charge < -0.3 is 35.6 Å². The third-order valence-corrected chi connectivity index (χ3v) is 14.0. The van der Waals surface area contributed by atoms with Gasteiger partial charge in [0.05, 0.1) is 24.0 Å². The Labute approximate surface area is 307 Å². The molecule has 1 unspecified atom stereocenters. The van der Waals surface area contributed by atoms with Crippen molar-refractivity contribution in [2.24, 2.45) is 22.2 Å². The lowest BCUT2D eigenvalue weighted by molar-refractivity contribution is -0.142. The predicted octanol–water partition coefficient (Wildman–Crippen LogP) is 5.32. The Bertz CT molecular complexity index is 1530. The van der Waals surface area contributed by atoms with E-state index >= 15 is 0 Å². The summed E-state index contributed by atoms with van der Waals surface area (Å²) in [4.78, 5) is 71.6. The van der Waals surface area contributed by atoms with Crippen molar-refractivity contribution in [3.63, 3.8) is 0 Å². The van der Waals surface area contributed by atoms with Crippen LogP contribution in [0.1, 0.15) is 110 Å². The molecular formula is C40H57N5O7. The van der Waals surface area contributed by atoms with E-state index in [1.54, 1.807) is 17.0 Å². The number of nitrogens with one attached hydrogen (secondary N) is 4. The van der Waals surface area contributed by atoms with Crippen LogP contribution in [0.15, 0.2) is 24.3 Å². The Morgan fingerprint density at radius 3 is 2.31 bits per heavy atom. The first-order valence-electron chi connectivity index (χ1n) is 19.9. The number of carbonyl (C=O) groups excluding carboxylic acids is 5. The van der Waals surface area contributed by atoms with Crippen LogP contribution in [0.3, 0.4) is 0 Å². The fourth-order valence-corrected chi connectivity index (χ4v) is 10.4. The number of ketones is 1. The number of hydrogen-bond acceptors (Lipinski definition) is 8. The van der Waals surface area contributed by atoms with Crippen molar-refractivity contribution in [3.8, 4) is 0 Å². The first-order chi connectivity index (χ1) is 25.0. The van der Waals surface area contributed by atoms with Crippen LogP contribution in [0, 0.1) is 22.2 Å². The number of fused-ring (bicyclic) bond motifs is 3. The van der Waals surface area contributed by atoms with Crippen LogP contribution in [0.5, 0.6) is 0 Å². The van der Waals surface area contributed by atoms with Gasteiger partial charge in [-0.3, -0.25) is 19.2 Å². The number of para-hydroxylation sites is 2. The summed E-state index contributed by atoms with van der Waals surface area (Å²) in [5, 5.41) is 12.0. The predicted molar refractivity (Wildman–Crippen MR) is 195 cm³/mol. The molecule has 1 aromatic rings. The number of amides is 4. The first-order valence-corrected chi connectivity index (χ1v) is 19.9. The molecule has 12 nitrogen and oxygen atoms in total. The zero-order valence-corrected chi connectivity index (χ0v) is 30.9. The van der Waals surface area contributed by atoms with Crippen molar-refractivity contribution in [3.05, 3.63) is 24.3 Å².